The second kappa shape index (κ2) is 7.76. The predicted molar refractivity (Wildman–Crippen MR) is 98.6 cm³/mol. The lowest BCUT2D eigenvalue weighted by Gasteiger charge is -2.34. The van der Waals surface area contributed by atoms with E-state index in [4.69, 9.17) is 4.74 Å². The number of hydrogen-bond donors (Lipinski definition) is 1. The van der Waals surface area contributed by atoms with Crippen LogP contribution in [0.15, 0.2) is 42.6 Å². The molecule has 0 spiro atoms. The van der Waals surface area contributed by atoms with Gasteiger partial charge in [-0.2, -0.15) is 0 Å². The first-order valence-corrected chi connectivity index (χ1v) is 8.68. The van der Waals surface area contributed by atoms with Crippen molar-refractivity contribution in [2.24, 2.45) is 0 Å². The Morgan fingerprint density at radius 1 is 1.32 bits per heavy atom. The molecule has 0 unspecified atom stereocenters. The third-order valence-electron chi connectivity index (χ3n) is 4.73. The van der Waals surface area contributed by atoms with Gasteiger partial charge in [-0.05, 0) is 44.7 Å². The lowest BCUT2D eigenvalue weighted by atomic mass is 9.98. The van der Waals surface area contributed by atoms with E-state index in [1.54, 1.807) is 6.20 Å². The zero-order valence-electron chi connectivity index (χ0n) is 15.0. The molecule has 1 aliphatic heterocycles. The summed E-state index contributed by atoms with van der Waals surface area (Å²) >= 11 is 0. The maximum Gasteiger partial charge on any atom is 0.251 e. The van der Waals surface area contributed by atoms with Crippen molar-refractivity contribution in [1.29, 1.82) is 0 Å². The van der Waals surface area contributed by atoms with E-state index >= 15 is 0 Å². The first kappa shape index (κ1) is 17.6. The monoisotopic (exact) mass is 339 g/mol. The molecular formula is C20H25N3O2. The molecule has 132 valence electrons. The predicted octanol–water partition coefficient (Wildman–Crippen LogP) is 2.51. The summed E-state index contributed by atoms with van der Waals surface area (Å²) in [6.45, 7) is 6.43. The van der Waals surface area contributed by atoms with Gasteiger partial charge in [0.1, 0.15) is 0 Å². The molecule has 2 aromatic rings. The van der Waals surface area contributed by atoms with Crippen LogP contribution in [0.1, 0.15) is 22.8 Å². The van der Waals surface area contributed by atoms with Crippen molar-refractivity contribution in [2.45, 2.75) is 26.0 Å². The van der Waals surface area contributed by atoms with E-state index < -0.39 is 0 Å². The average molecular weight is 339 g/mol. The highest BCUT2D eigenvalue weighted by molar-refractivity contribution is 5.97. The lowest BCUT2D eigenvalue weighted by molar-refractivity contribution is -0.0342. The minimum atomic E-state index is -0.0698. The van der Waals surface area contributed by atoms with Crippen molar-refractivity contribution in [1.82, 2.24) is 15.2 Å². The normalized spacial score (nSPS) is 19.4. The summed E-state index contributed by atoms with van der Waals surface area (Å²) in [5.41, 5.74) is 3.47. The van der Waals surface area contributed by atoms with E-state index in [1.165, 1.54) is 0 Å². The molecule has 25 heavy (non-hydrogen) atoms. The number of pyridine rings is 1. The minimum Gasteiger partial charge on any atom is -0.373 e. The topological polar surface area (TPSA) is 54.5 Å². The number of hydrogen-bond acceptors (Lipinski definition) is 4. The molecule has 0 bridgehead atoms. The van der Waals surface area contributed by atoms with Crippen LogP contribution in [0.25, 0.3) is 11.3 Å². The summed E-state index contributed by atoms with van der Waals surface area (Å²) < 4.78 is 5.80. The number of likely N-dealkylation sites (N-methyl/N-ethyl adjacent to an activating group) is 1. The first-order valence-electron chi connectivity index (χ1n) is 8.68. The number of benzene rings is 1. The van der Waals surface area contributed by atoms with Crippen molar-refractivity contribution in [2.75, 3.05) is 26.7 Å². The Labute approximate surface area is 149 Å². The van der Waals surface area contributed by atoms with Crippen molar-refractivity contribution in [3.05, 3.63) is 53.7 Å². The molecule has 2 atom stereocenters. The Balaban J connectivity index is 1.76. The number of aromatic nitrogens is 1. The SMILES string of the molecule is Cc1c(C(=O)N[C@H](C)[C@H]2CN(C)CCO2)cccc1-c1ccccn1. The Kier molecular flexibility index (Phi) is 5.46. The van der Waals surface area contributed by atoms with Gasteiger partial charge in [0.15, 0.2) is 0 Å². The van der Waals surface area contributed by atoms with Crippen LogP contribution in [0, 0.1) is 6.92 Å². The van der Waals surface area contributed by atoms with Crippen LogP contribution in [-0.2, 0) is 4.74 Å². The fourth-order valence-electron chi connectivity index (χ4n) is 3.17. The standard InChI is InChI=1S/C20H25N3O2/c1-14-16(18-9-4-5-10-21-18)7-6-8-17(14)20(24)22-15(2)19-13-23(3)11-12-25-19/h4-10,15,19H,11-13H2,1-3H3,(H,22,24)/t15-,19-/m1/s1. The maximum atomic E-state index is 12.8. The van der Waals surface area contributed by atoms with E-state index in [9.17, 15) is 4.79 Å². The van der Waals surface area contributed by atoms with Crippen LogP contribution in [0.3, 0.4) is 0 Å². The number of carbonyl (C=O) groups excluding carboxylic acids is 1. The van der Waals surface area contributed by atoms with Crippen LogP contribution in [0.4, 0.5) is 0 Å². The third kappa shape index (κ3) is 4.06. The van der Waals surface area contributed by atoms with E-state index in [-0.39, 0.29) is 18.1 Å². The lowest BCUT2D eigenvalue weighted by Crippen LogP contribution is -2.51. The van der Waals surface area contributed by atoms with Crippen molar-refractivity contribution in [3.8, 4) is 11.3 Å². The van der Waals surface area contributed by atoms with Crippen LogP contribution >= 0.6 is 0 Å². The quantitative estimate of drug-likeness (QED) is 0.930. The van der Waals surface area contributed by atoms with Gasteiger partial charge in [-0.15, -0.1) is 0 Å². The molecule has 1 N–H and O–H groups in total. The van der Waals surface area contributed by atoms with Crippen LogP contribution in [-0.4, -0.2) is 54.7 Å². The number of nitrogens with zero attached hydrogens (tertiary/aromatic N) is 2. The fourth-order valence-corrected chi connectivity index (χ4v) is 3.17. The molecule has 0 aliphatic carbocycles. The van der Waals surface area contributed by atoms with Crippen LogP contribution in [0.5, 0.6) is 0 Å². The molecule has 5 heteroatoms. The molecule has 1 saturated heterocycles. The molecule has 1 aliphatic rings. The summed E-state index contributed by atoms with van der Waals surface area (Å²) in [6.07, 6.45) is 1.78. The van der Waals surface area contributed by atoms with Gasteiger partial charge in [0.05, 0.1) is 24.4 Å². The van der Waals surface area contributed by atoms with Gasteiger partial charge in [0.2, 0.25) is 0 Å². The number of nitrogens with one attached hydrogen (secondary N) is 1. The van der Waals surface area contributed by atoms with Gasteiger partial charge < -0.3 is 15.0 Å². The number of amides is 1. The Morgan fingerprint density at radius 2 is 2.16 bits per heavy atom. The Morgan fingerprint density at radius 3 is 2.88 bits per heavy atom. The van der Waals surface area contributed by atoms with Gasteiger partial charge >= 0.3 is 0 Å². The zero-order valence-corrected chi connectivity index (χ0v) is 15.0. The Bertz CT molecular complexity index is 733. The smallest absolute Gasteiger partial charge is 0.251 e. The molecule has 1 aromatic heterocycles. The summed E-state index contributed by atoms with van der Waals surface area (Å²) in [6, 6.07) is 11.5. The number of morpholine rings is 1. The summed E-state index contributed by atoms with van der Waals surface area (Å²) in [7, 11) is 2.07. The van der Waals surface area contributed by atoms with Gasteiger partial charge in [0, 0.05) is 30.4 Å². The highest BCUT2D eigenvalue weighted by Gasteiger charge is 2.25. The highest BCUT2D eigenvalue weighted by Crippen LogP contribution is 2.24. The summed E-state index contributed by atoms with van der Waals surface area (Å²) in [5, 5.41) is 3.09. The molecular weight excluding hydrogens is 314 g/mol. The third-order valence-corrected chi connectivity index (χ3v) is 4.73. The van der Waals surface area contributed by atoms with E-state index in [2.05, 4.69) is 22.2 Å². The van der Waals surface area contributed by atoms with Gasteiger partial charge in [-0.1, -0.05) is 18.2 Å². The van der Waals surface area contributed by atoms with Crippen molar-refractivity contribution >= 4 is 5.91 Å². The Hall–Kier alpha value is -2.24. The zero-order chi connectivity index (χ0) is 17.8. The van der Waals surface area contributed by atoms with E-state index in [0.29, 0.717) is 12.2 Å². The number of rotatable bonds is 4. The highest BCUT2D eigenvalue weighted by atomic mass is 16.5. The van der Waals surface area contributed by atoms with Gasteiger partial charge in [0.25, 0.3) is 5.91 Å². The molecule has 1 aromatic carbocycles. The summed E-state index contributed by atoms with van der Waals surface area (Å²) in [5.74, 6) is -0.0698. The molecule has 1 fully saturated rings. The number of carbonyl (C=O) groups is 1. The van der Waals surface area contributed by atoms with Gasteiger partial charge in [-0.25, -0.2) is 0 Å². The van der Waals surface area contributed by atoms with E-state index in [1.807, 2.05) is 50.2 Å². The average Bonchev–Trinajstić information content (AvgIpc) is 2.62. The molecule has 1 amide bonds. The van der Waals surface area contributed by atoms with Crippen LogP contribution < -0.4 is 5.32 Å². The van der Waals surface area contributed by atoms with Crippen molar-refractivity contribution in [3.63, 3.8) is 0 Å². The second-order valence-corrected chi connectivity index (χ2v) is 6.63. The second-order valence-electron chi connectivity index (χ2n) is 6.63. The number of ether oxygens (including phenoxy) is 1. The van der Waals surface area contributed by atoms with Crippen molar-refractivity contribution < 1.29 is 9.53 Å². The molecule has 3 rings (SSSR count). The maximum absolute atomic E-state index is 12.8. The minimum absolute atomic E-state index is 0.0157. The van der Waals surface area contributed by atoms with Gasteiger partial charge in [-0.3, -0.25) is 9.78 Å². The fraction of sp³-hybridized carbons (Fsp3) is 0.400. The molecule has 2 heterocycles. The van der Waals surface area contributed by atoms with Crippen LogP contribution in [0.2, 0.25) is 0 Å². The molecule has 5 nitrogen and oxygen atoms in total. The largest absolute Gasteiger partial charge is 0.373 e. The van der Waals surface area contributed by atoms with E-state index in [0.717, 1.165) is 29.9 Å². The molecule has 0 saturated carbocycles. The summed E-state index contributed by atoms with van der Waals surface area (Å²) in [4.78, 5) is 19.4. The molecule has 0 radical (unpaired) electrons. The first-order chi connectivity index (χ1) is 12.1.